The van der Waals surface area contributed by atoms with Gasteiger partial charge in [-0.1, -0.05) is 122 Å². The van der Waals surface area contributed by atoms with Crippen LogP contribution in [0.1, 0.15) is 37.5 Å². The molecule has 174 valence electrons. The number of amides is 1. The predicted octanol–water partition coefficient (Wildman–Crippen LogP) is 6.52. The molecule has 0 atom stereocenters. The first kappa shape index (κ1) is 24.4. The average Bonchev–Trinajstić information content (AvgIpc) is 3.29. The van der Waals surface area contributed by atoms with E-state index in [-0.39, 0.29) is 17.1 Å². The minimum Gasteiger partial charge on any atom is -0.272 e. The molecule has 0 saturated carbocycles. The quantitative estimate of drug-likeness (QED) is 0.167. The van der Waals surface area contributed by atoms with Crippen molar-refractivity contribution in [2.75, 3.05) is 5.75 Å². The van der Waals surface area contributed by atoms with E-state index in [4.69, 9.17) is 0 Å². The summed E-state index contributed by atoms with van der Waals surface area (Å²) in [5.74, 6) is 0.892. The van der Waals surface area contributed by atoms with Crippen molar-refractivity contribution >= 4 is 57.8 Å². The number of hydrazone groups is 1. The molecule has 4 rings (SSSR count). The van der Waals surface area contributed by atoms with Gasteiger partial charge in [-0.2, -0.15) is 5.10 Å². The molecule has 1 N–H and O–H groups in total. The lowest BCUT2D eigenvalue weighted by Gasteiger charge is -2.18. The molecule has 0 aliphatic rings. The normalized spacial score (nSPS) is 11.9. The Hall–Kier alpha value is -2.68. The van der Waals surface area contributed by atoms with Gasteiger partial charge in [-0.05, 0) is 32.9 Å². The van der Waals surface area contributed by atoms with Crippen molar-refractivity contribution in [1.82, 2.24) is 15.6 Å². The topological polar surface area (TPSA) is 67.2 Å². The van der Waals surface area contributed by atoms with E-state index in [1.54, 1.807) is 18.0 Å². The first-order valence-corrected chi connectivity index (χ1v) is 13.7. The number of hydrogen-bond donors (Lipinski definition) is 1. The van der Waals surface area contributed by atoms with E-state index in [0.717, 1.165) is 20.0 Å². The zero-order chi connectivity index (χ0) is 24.0. The SMILES string of the molecule is CC(C)(C)c1ccc(C=NNC(=O)CSc2nnc(SCc3cccc4ccccc34)s2)cc1. The highest BCUT2D eigenvalue weighted by Crippen LogP contribution is 2.32. The Labute approximate surface area is 212 Å². The number of hydrogen-bond acceptors (Lipinski definition) is 7. The molecule has 8 heteroatoms. The number of fused-ring (bicyclic) bond motifs is 1. The minimum absolute atomic E-state index is 0.111. The summed E-state index contributed by atoms with van der Waals surface area (Å²) in [4.78, 5) is 12.1. The molecule has 5 nitrogen and oxygen atoms in total. The van der Waals surface area contributed by atoms with Gasteiger partial charge < -0.3 is 0 Å². The maximum absolute atomic E-state index is 12.1. The van der Waals surface area contributed by atoms with E-state index < -0.39 is 0 Å². The molecule has 0 fully saturated rings. The van der Waals surface area contributed by atoms with Crippen LogP contribution in [0.25, 0.3) is 10.8 Å². The zero-order valence-corrected chi connectivity index (χ0v) is 21.8. The molecule has 4 aromatic rings. The lowest BCUT2D eigenvalue weighted by atomic mass is 9.87. The van der Waals surface area contributed by atoms with E-state index >= 15 is 0 Å². The van der Waals surface area contributed by atoms with Gasteiger partial charge in [-0.15, -0.1) is 10.2 Å². The third kappa shape index (κ3) is 6.68. The highest BCUT2D eigenvalue weighted by Gasteiger charge is 2.12. The second-order valence-corrected chi connectivity index (χ2v) is 12.1. The number of benzene rings is 3. The van der Waals surface area contributed by atoms with Crippen molar-refractivity contribution in [1.29, 1.82) is 0 Å². The largest absolute Gasteiger partial charge is 0.272 e. The summed E-state index contributed by atoms with van der Waals surface area (Å²) < 4.78 is 1.67. The van der Waals surface area contributed by atoms with Gasteiger partial charge in [-0.25, -0.2) is 5.43 Å². The Kier molecular flexibility index (Phi) is 8.03. The Balaban J connectivity index is 1.23. The summed E-state index contributed by atoms with van der Waals surface area (Å²) in [5.41, 5.74) is 6.17. The van der Waals surface area contributed by atoms with Crippen LogP contribution < -0.4 is 5.43 Å². The van der Waals surface area contributed by atoms with Crippen LogP contribution in [-0.4, -0.2) is 28.1 Å². The van der Waals surface area contributed by atoms with Crippen LogP contribution in [-0.2, 0) is 16.0 Å². The number of carbonyl (C=O) groups excluding carboxylic acids is 1. The molecule has 3 aromatic carbocycles. The van der Waals surface area contributed by atoms with Crippen molar-refractivity contribution in [2.24, 2.45) is 5.10 Å². The van der Waals surface area contributed by atoms with Gasteiger partial charge in [-0.3, -0.25) is 4.79 Å². The molecule has 0 aliphatic carbocycles. The van der Waals surface area contributed by atoms with Crippen LogP contribution in [0.3, 0.4) is 0 Å². The number of nitrogens with one attached hydrogen (secondary N) is 1. The Morgan fingerprint density at radius 1 is 0.971 bits per heavy atom. The Bertz CT molecular complexity index is 1290. The monoisotopic (exact) mass is 506 g/mol. The predicted molar refractivity (Wildman–Crippen MR) is 145 cm³/mol. The summed E-state index contributed by atoms with van der Waals surface area (Å²) in [6.07, 6.45) is 1.65. The second kappa shape index (κ2) is 11.2. The molecule has 0 unspecified atom stereocenters. The molecule has 1 aromatic heterocycles. The fraction of sp³-hybridized carbons (Fsp3) is 0.231. The molecular formula is C26H26N4OS3. The van der Waals surface area contributed by atoms with Crippen LogP contribution in [0, 0.1) is 0 Å². The summed E-state index contributed by atoms with van der Waals surface area (Å²) in [6, 6.07) is 22.9. The van der Waals surface area contributed by atoms with Crippen molar-refractivity contribution in [3.8, 4) is 0 Å². The van der Waals surface area contributed by atoms with Crippen LogP contribution in [0.4, 0.5) is 0 Å². The van der Waals surface area contributed by atoms with Gasteiger partial charge in [0, 0.05) is 5.75 Å². The summed E-state index contributed by atoms with van der Waals surface area (Å²) in [6.45, 7) is 6.54. The maximum atomic E-state index is 12.1. The van der Waals surface area contributed by atoms with Gasteiger partial charge in [0.25, 0.3) is 5.91 Å². The zero-order valence-electron chi connectivity index (χ0n) is 19.3. The van der Waals surface area contributed by atoms with Crippen LogP contribution in [0.2, 0.25) is 0 Å². The lowest BCUT2D eigenvalue weighted by Crippen LogP contribution is -2.19. The van der Waals surface area contributed by atoms with Gasteiger partial charge in [0.15, 0.2) is 8.68 Å². The van der Waals surface area contributed by atoms with Gasteiger partial charge in [0.2, 0.25) is 0 Å². The van der Waals surface area contributed by atoms with E-state index in [1.165, 1.54) is 45.0 Å². The van der Waals surface area contributed by atoms with Crippen LogP contribution in [0.15, 0.2) is 80.5 Å². The standard InChI is InChI=1S/C26H26N4OS3/c1-26(2,3)21-13-11-18(12-14-21)15-27-28-23(31)17-33-25-30-29-24(34-25)32-16-20-9-6-8-19-7-4-5-10-22(19)20/h4-15H,16-17H2,1-3H3,(H,28,31). The van der Waals surface area contributed by atoms with Crippen molar-refractivity contribution in [3.05, 3.63) is 83.4 Å². The average molecular weight is 507 g/mol. The lowest BCUT2D eigenvalue weighted by molar-refractivity contribution is -0.118. The van der Waals surface area contributed by atoms with Gasteiger partial charge >= 0.3 is 0 Å². The van der Waals surface area contributed by atoms with E-state index in [1.807, 2.05) is 12.1 Å². The smallest absolute Gasteiger partial charge is 0.250 e. The summed E-state index contributed by atoms with van der Waals surface area (Å²) in [5, 5.41) is 15.0. The minimum atomic E-state index is -0.173. The van der Waals surface area contributed by atoms with Gasteiger partial charge in [0.05, 0.1) is 12.0 Å². The van der Waals surface area contributed by atoms with Gasteiger partial charge in [0.1, 0.15) is 0 Å². The Morgan fingerprint density at radius 2 is 1.68 bits per heavy atom. The van der Waals surface area contributed by atoms with Crippen molar-refractivity contribution in [3.63, 3.8) is 0 Å². The van der Waals surface area contributed by atoms with Crippen molar-refractivity contribution < 1.29 is 4.79 Å². The third-order valence-corrected chi connectivity index (χ3v) is 8.36. The number of aromatic nitrogens is 2. The second-order valence-electron chi connectivity index (χ2n) is 8.71. The molecular weight excluding hydrogens is 481 g/mol. The number of rotatable bonds is 8. The molecule has 0 bridgehead atoms. The number of thioether (sulfide) groups is 2. The fourth-order valence-corrected chi connectivity index (χ4v) is 6.10. The highest BCUT2D eigenvalue weighted by atomic mass is 32.2. The molecule has 1 heterocycles. The summed E-state index contributed by atoms with van der Waals surface area (Å²) in [7, 11) is 0. The first-order valence-electron chi connectivity index (χ1n) is 10.9. The first-order chi connectivity index (χ1) is 16.4. The van der Waals surface area contributed by atoms with Crippen LogP contribution >= 0.6 is 34.9 Å². The van der Waals surface area contributed by atoms with Crippen molar-refractivity contribution in [2.45, 2.75) is 40.6 Å². The number of nitrogens with zero attached hydrogens (tertiary/aromatic N) is 3. The fourth-order valence-electron chi connectivity index (χ4n) is 3.28. The van der Waals surface area contributed by atoms with E-state index in [9.17, 15) is 4.79 Å². The maximum Gasteiger partial charge on any atom is 0.250 e. The molecule has 0 radical (unpaired) electrons. The van der Waals surface area contributed by atoms with E-state index in [2.05, 4.69) is 96.1 Å². The molecule has 0 spiro atoms. The van der Waals surface area contributed by atoms with Crippen LogP contribution in [0.5, 0.6) is 0 Å². The molecule has 0 aliphatic heterocycles. The summed E-state index contributed by atoms with van der Waals surface area (Å²) >= 11 is 4.54. The van der Waals surface area contributed by atoms with E-state index in [0.29, 0.717) is 0 Å². The number of carbonyl (C=O) groups is 1. The third-order valence-electron chi connectivity index (χ3n) is 5.13. The Morgan fingerprint density at radius 3 is 2.44 bits per heavy atom. The molecule has 1 amide bonds. The highest BCUT2D eigenvalue weighted by molar-refractivity contribution is 8.03. The molecule has 0 saturated heterocycles. The molecule has 34 heavy (non-hydrogen) atoms.